The zero-order valence-electron chi connectivity index (χ0n) is 26.2. The van der Waals surface area contributed by atoms with E-state index in [2.05, 4.69) is 17.6 Å². The molecule has 1 heterocycles. The number of nitrogens with two attached hydrogens (primary N) is 1. The van der Waals surface area contributed by atoms with Gasteiger partial charge >= 0.3 is 6.03 Å². The summed E-state index contributed by atoms with van der Waals surface area (Å²) in [5.74, 6) is -0.141. The Bertz CT molecular complexity index is 1250. The molecule has 4 N–H and O–H groups in total. The van der Waals surface area contributed by atoms with E-state index in [1.807, 2.05) is 45.8 Å². The van der Waals surface area contributed by atoms with Crippen molar-refractivity contribution in [3.63, 3.8) is 0 Å². The molecule has 3 amide bonds. The van der Waals surface area contributed by atoms with Gasteiger partial charge in [0.25, 0.3) is 5.69 Å². The zero-order chi connectivity index (χ0) is 32.4. The Morgan fingerprint density at radius 2 is 1.86 bits per heavy atom. The van der Waals surface area contributed by atoms with Crippen molar-refractivity contribution in [3.8, 4) is 5.69 Å². The molecule has 1 fully saturated rings. The van der Waals surface area contributed by atoms with Gasteiger partial charge in [-0.05, 0) is 49.5 Å². The van der Waals surface area contributed by atoms with Gasteiger partial charge in [-0.1, -0.05) is 65.5 Å². The fourth-order valence-electron chi connectivity index (χ4n) is 4.92. The number of anilines is 2. The number of nitrogen functional groups attached to an aromatic ring is 1. The highest BCUT2D eigenvalue weighted by Crippen LogP contribution is 2.37. The lowest BCUT2D eigenvalue weighted by Crippen LogP contribution is -2.40. The Balaban J connectivity index is 0.00000221. The molecule has 0 saturated heterocycles. The Hall–Kier alpha value is -4.41. The van der Waals surface area contributed by atoms with Gasteiger partial charge in [0.2, 0.25) is 5.91 Å². The van der Waals surface area contributed by atoms with Gasteiger partial charge in [-0.3, -0.25) is 14.9 Å². The Morgan fingerprint density at radius 1 is 1.19 bits per heavy atom. The molecule has 43 heavy (non-hydrogen) atoms. The van der Waals surface area contributed by atoms with Crippen LogP contribution < -0.4 is 21.3 Å². The van der Waals surface area contributed by atoms with Crippen LogP contribution in [0, 0.1) is 10.1 Å². The molecule has 2 aromatic rings. The van der Waals surface area contributed by atoms with E-state index in [0.29, 0.717) is 11.4 Å². The van der Waals surface area contributed by atoms with Crippen molar-refractivity contribution in [2.24, 2.45) is 0 Å². The minimum atomic E-state index is -0.479. The number of nitrogens with one attached hydrogen (secondary N) is 2. The third-order valence-corrected chi connectivity index (χ3v) is 6.78. The van der Waals surface area contributed by atoms with Crippen LogP contribution >= 0.6 is 0 Å². The molecule has 1 aliphatic rings. The number of aromatic nitrogens is 1. The number of nitro groups is 1. The normalized spacial score (nSPS) is 13.3. The average molecular weight is 597 g/mol. The molecule has 1 saturated carbocycles. The number of unbranched alkanes of at least 4 members (excludes halogenated alkanes) is 1. The molecule has 0 bridgehead atoms. The third kappa shape index (κ3) is 11.1. The van der Waals surface area contributed by atoms with E-state index in [9.17, 15) is 19.7 Å². The molecule has 0 aliphatic heterocycles. The highest BCUT2D eigenvalue weighted by atomic mass is 16.6. The predicted molar refractivity (Wildman–Crippen MR) is 173 cm³/mol. The second kappa shape index (κ2) is 19.7. The predicted octanol–water partition coefficient (Wildman–Crippen LogP) is 6.94. The van der Waals surface area contributed by atoms with Gasteiger partial charge in [-0.2, -0.15) is 0 Å². The van der Waals surface area contributed by atoms with Crippen LogP contribution in [0.5, 0.6) is 0 Å². The average Bonchev–Trinajstić information content (AvgIpc) is 3.48. The molecule has 1 aliphatic carbocycles. The van der Waals surface area contributed by atoms with E-state index in [4.69, 9.17) is 10.5 Å². The molecule has 0 unspecified atom stereocenters. The summed E-state index contributed by atoms with van der Waals surface area (Å²) in [4.78, 5) is 46.3. The summed E-state index contributed by atoms with van der Waals surface area (Å²) in [6, 6.07) is 4.40. The monoisotopic (exact) mass is 596 g/mol. The third-order valence-electron chi connectivity index (χ3n) is 6.78. The van der Waals surface area contributed by atoms with E-state index in [1.54, 1.807) is 34.0 Å². The largest absolute Gasteiger partial charge is 0.397 e. The number of amides is 3. The topological polar surface area (TPSA) is 153 Å². The summed E-state index contributed by atoms with van der Waals surface area (Å²) < 4.78 is 1.63. The minimum Gasteiger partial charge on any atom is -0.397 e. The van der Waals surface area contributed by atoms with Crippen LogP contribution in [0.15, 0.2) is 54.5 Å². The molecule has 0 atom stereocenters. The van der Waals surface area contributed by atoms with Crippen LogP contribution in [0.25, 0.3) is 5.69 Å². The minimum absolute atomic E-state index is 0.0132. The van der Waals surface area contributed by atoms with Crippen LogP contribution in [0.1, 0.15) is 91.5 Å². The number of nitrogens with zero attached hydrogens (tertiary/aromatic N) is 3. The number of allylic oxidation sites excluding steroid dienone is 3. The number of carbonyl (C=O) groups excluding carboxylic acids is 3. The number of hydrogen-bond donors (Lipinski definition) is 3. The Kier molecular flexibility index (Phi) is 16.7. The second-order valence-corrected chi connectivity index (χ2v) is 9.83. The van der Waals surface area contributed by atoms with Gasteiger partial charge in [0.05, 0.1) is 16.3 Å². The maximum Gasteiger partial charge on any atom is 0.319 e. The van der Waals surface area contributed by atoms with Crippen LogP contribution in [-0.2, 0) is 16.1 Å². The zero-order valence-corrected chi connectivity index (χ0v) is 26.2. The van der Waals surface area contributed by atoms with Crippen LogP contribution in [-0.4, -0.2) is 34.3 Å². The van der Waals surface area contributed by atoms with E-state index in [0.717, 1.165) is 62.6 Å². The smallest absolute Gasteiger partial charge is 0.319 e. The standard InChI is InChI=1S/C29H40N6O4.C2H6.CH2O/c1-4-6-8-12-23(11-5-2)32-29(37)31-19-22-15-16-33(20-22)27-18-26(25(30)17-28(27)35(38)39)34(21(3)36)24-13-9-7-10-14-24;2*1-2/h8,11-12,15-18,20,24H,4-7,9-10,13-14,19,30H2,1-3H3,(H2,31,32,37);1-2H3;1H2/b12-8-,23-11+;;. The first-order chi connectivity index (χ1) is 20.7. The number of hydrogen-bond acceptors (Lipinski definition) is 6. The first-order valence-electron chi connectivity index (χ1n) is 15.0. The lowest BCUT2D eigenvalue weighted by Gasteiger charge is -2.34. The van der Waals surface area contributed by atoms with Crippen molar-refractivity contribution >= 4 is 35.8 Å². The SMILES string of the molecule is C=O.CC.CC/C=C(\C=C/CCC)NC(=O)NCc1ccn(-c2cc(N(C(C)=O)C3CCCCC3)c(N)cc2[N+](=O)[O-])c1. The van der Waals surface area contributed by atoms with E-state index in [-0.39, 0.29) is 35.9 Å². The first kappa shape index (κ1) is 36.6. The lowest BCUT2D eigenvalue weighted by atomic mass is 9.93. The fraction of sp³-hybridized carbons (Fsp3) is 0.469. The fourth-order valence-corrected chi connectivity index (χ4v) is 4.92. The Labute approximate surface area is 255 Å². The van der Waals surface area contributed by atoms with Gasteiger partial charge in [0.1, 0.15) is 12.5 Å². The van der Waals surface area contributed by atoms with Gasteiger partial charge in [-0.15, -0.1) is 0 Å². The highest BCUT2D eigenvalue weighted by molar-refractivity contribution is 5.96. The van der Waals surface area contributed by atoms with E-state index >= 15 is 0 Å². The van der Waals surface area contributed by atoms with Crippen LogP contribution in [0.2, 0.25) is 0 Å². The summed E-state index contributed by atoms with van der Waals surface area (Å²) in [6.07, 6.45) is 17.0. The maximum atomic E-state index is 12.7. The number of benzene rings is 1. The second-order valence-electron chi connectivity index (χ2n) is 9.83. The molecule has 1 aromatic heterocycles. The molecule has 11 heteroatoms. The van der Waals surface area contributed by atoms with Gasteiger partial charge in [-0.25, -0.2) is 4.79 Å². The maximum absolute atomic E-state index is 12.7. The molecule has 3 rings (SSSR count). The quantitative estimate of drug-likeness (QED) is 0.110. The number of urea groups is 1. The van der Waals surface area contributed by atoms with Crippen molar-refractivity contribution < 1.29 is 19.3 Å². The van der Waals surface area contributed by atoms with Crippen LogP contribution in [0.3, 0.4) is 0 Å². The Morgan fingerprint density at radius 3 is 2.44 bits per heavy atom. The molecule has 236 valence electrons. The summed E-state index contributed by atoms with van der Waals surface area (Å²) >= 11 is 0. The summed E-state index contributed by atoms with van der Waals surface area (Å²) in [5, 5.41) is 17.6. The molecule has 11 nitrogen and oxygen atoms in total. The molecular weight excluding hydrogens is 548 g/mol. The molecule has 1 aromatic carbocycles. The first-order valence-corrected chi connectivity index (χ1v) is 15.0. The number of carbonyl (C=O) groups is 3. The summed E-state index contributed by atoms with van der Waals surface area (Å²) in [6.45, 7) is 11.8. The molecular formula is C32H48N6O5. The summed E-state index contributed by atoms with van der Waals surface area (Å²) in [7, 11) is 0. The summed E-state index contributed by atoms with van der Waals surface area (Å²) in [5.41, 5.74) is 8.58. The highest BCUT2D eigenvalue weighted by Gasteiger charge is 2.29. The van der Waals surface area contributed by atoms with Crippen molar-refractivity contribution in [3.05, 3.63) is 70.2 Å². The van der Waals surface area contributed by atoms with Gasteiger partial charge in [0.15, 0.2) is 0 Å². The number of rotatable bonds is 11. The molecule has 0 spiro atoms. The van der Waals surface area contributed by atoms with E-state index < -0.39 is 4.92 Å². The van der Waals surface area contributed by atoms with Crippen molar-refractivity contribution in [2.75, 3.05) is 10.6 Å². The van der Waals surface area contributed by atoms with Crippen molar-refractivity contribution in [2.45, 2.75) is 98.6 Å². The van der Waals surface area contributed by atoms with Gasteiger partial charge in [0, 0.05) is 43.7 Å². The van der Waals surface area contributed by atoms with Crippen molar-refractivity contribution in [1.29, 1.82) is 0 Å². The van der Waals surface area contributed by atoms with Crippen molar-refractivity contribution in [1.82, 2.24) is 15.2 Å². The lowest BCUT2D eigenvalue weighted by molar-refractivity contribution is -0.384. The molecule has 0 radical (unpaired) electrons. The van der Waals surface area contributed by atoms with E-state index in [1.165, 1.54) is 13.0 Å². The van der Waals surface area contributed by atoms with Gasteiger partial charge < -0.3 is 30.6 Å². The van der Waals surface area contributed by atoms with Crippen LogP contribution in [0.4, 0.5) is 21.9 Å². The number of nitro benzene ring substituents is 1.